The second kappa shape index (κ2) is 5.35. The lowest BCUT2D eigenvalue weighted by atomic mass is 10.2. The maximum atomic E-state index is 11.8. The van der Waals surface area contributed by atoms with E-state index in [1.54, 1.807) is 0 Å². The van der Waals surface area contributed by atoms with E-state index in [1.165, 1.54) is 31.0 Å². The predicted octanol–water partition coefficient (Wildman–Crippen LogP) is 2.78. The van der Waals surface area contributed by atoms with Gasteiger partial charge in [-0.1, -0.05) is 24.4 Å². The van der Waals surface area contributed by atoms with Gasteiger partial charge in [0.1, 0.15) is 0 Å². The molecule has 1 aliphatic rings. The minimum Gasteiger partial charge on any atom is -0.352 e. The summed E-state index contributed by atoms with van der Waals surface area (Å²) in [5.41, 5.74) is 0.160. The van der Waals surface area contributed by atoms with Crippen LogP contribution in [0.5, 0.6) is 0 Å². The van der Waals surface area contributed by atoms with Gasteiger partial charge in [0.05, 0.1) is 15.5 Å². The second-order valence-corrected chi connectivity index (χ2v) is 4.82. The Kier molecular flexibility index (Phi) is 3.81. The third-order valence-corrected chi connectivity index (χ3v) is 3.26. The van der Waals surface area contributed by atoms with Crippen LogP contribution in [0.3, 0.4) is 0 Å². The normalized spacial score (nSPS) is 14.3. The van der Waals surface area contributed by atoms with Crippen LogP contribution < -0.4 is 5.32 Å². The molecule has 0 unspecified atom stereocenters. The van der Waals surface area contributed by atoms with E-state index < -0.39 is 4.92 Å². The van der Waals surface area contributed by atoms with Gasteiger partial charge in [-0.15, -0.1) is 0 Å². The Morgan fingerprint density at radius 2 is 2.22 bits per heavy atom. The molecule has 1 aromatic carbocycles. The van der Waals surface area contributed by atoms with Gasteiger partial charge in [-0.3, -0.25) is 14.9 Å². The van der Waals surface area contributed by atoms with Crippen molar-refractivity contribution in [2.75, 3.05) is 6.54 Å². The highest BCUT2D eigenvalue weighted by atomic mass is 35.5. The fourth-order valence-corrected chi connectivity index (χ4v) is 1.95. The number of nitrogens with one attached hydrogen (secondary N) is 1. The molecule has 0 radical (unpaired) electrons. The van der Waals surface area contributed by atoms with Gasteiger partial charge in [0, 0.05) is 18.7 Å². The summed E-state index contributed by atoms with van der Waals surface area (Å²) in [6, 6.07) is 3.85. The average molecular weight is 269 g/mol. The average Bonchev–Trinajstić information content (AvgIpc) is 3.12. The highest BCUT2D eigenvalue weighted by molar-refractivity contribution is 6.34. The van der Waals surface area contributed by atoms with E-state index in [9.17, 15) is 14.9 Å². The molecule has 1 saturated carbocycles. The number of carbonyl (C=O) groups is 1. The van der Waals surface area contributed by atoms with Crippen molar-refractivity contribution >= 4 is 23.2 Å². The highest BCUT2D eigenvalue weighted by Crippen LogP contribution is 2.31. The summed E-state index contributed by atoms with van der Waals surface area (Å²) in [4.78, 5) is 21.8. The van der Waals surface area contributed by atoms with Gasteiger partial charge in [-0.05, 0) is 18.4 Å². The number of hydrogen-bond donors (Lipinski definition) is 1. The van der Waals surface area contributed by atoms with E-state index >= 15 is 0 Å². The van der Waals surface area contributed by atoms with E-state index in [4.69, 9.17) is 11.6 Å². The molecule has 0 saturated heterocycles. The van der Waals surface area contributed by atoms with Crippen LogP contribution in [-0.2, 0) is 0 Å². The minimum atomic E-state index is -0.541. The first-order valence-corrected chi connectivity index (χ1v) is 6.18. The lowest BCUT2D eigenvalue weighted by molar-refractivity contribution is -0.384. The van der Waals surface area contributed by atoms with Crippen LogP contribution in [-0.4, -0.2) is 17.4 Å². The van der Waals surface area contributed by atoms with Crippen LogP contribution in [0, 0.1) is 16.0 Å². The Labute approximate surface area is 109 Å². The standard InChI is InChI=1S/C12H13ClN2O3/c13-11-7-9(15(17)18)3-4-10(11)12(16)14-6-5-8-1-2-8/h3-4,7-8H,1-2,5-6H2,(H,14,16). The van der Waals surface area contributed by atoms with Gasteiger partial charge < -0.3 is 5.32 Å². The zero-order chi connectivity index (χ0) is 13.1. The molecule has 0 spiro atoms. The number of non-ortho nitro benzene ring substituents is 1. The minimum absolute atomic E-state index is 0.105. The lowest BCUT2D eigenvalue weighted by Crippen LogP contribution is -2.25. The van der Waals surface area contributed by atoms with Crippen LogP contribution in [0.4, 0.5) is 5.69 Å². The van der Waals surface area contributed by atoms with Gasteiger partial charge in [0.25, 0.3) is 11.6 Å². The Hall–Kier alpha value is -1.62. The SMILES string of the molecule is O=C(NCCC1CC1)c1ccc([N+](=O)[O-])cc1Cl. The molecule has 2 rings (SSSR count). The molecule has 6 heteroatoms. The van der Waals surface area contributed by atoms with Crippen molar-refractivity contribution in [1.29, 1.82) is 0 Å². The molecule has 0 heterocycles. The van der Waals surface area contributed by atoms with E-state index in [1.807, 2.05) is 0 Å². The van der Waals surface area contributed by atoms with Gasteiger partial charge in [0.15, 0.2) is 0 Å². The first-order chi connectivity index (χ1) is 8.58. The lowest BCUT2D eigenvalue weighted by Gasteiger charge is -2.06. The molecule has 18 heavy (non-hydrogen) atoms. The molecule has 0 aromatic heterocycles. The zero-order valence-corrected chi connectivity index (χ0v) is 10.4. The summed E-state index contributed by atoms with van der Waals surface area (Å²) >= 11 is 5.86. The van der Waals surface area contributed by atoms with Gasteiger partial charge in [0.2, 0.25) is 0 Å². The molecule has 96 valence electrons. The maximum absolute atomic E-state index is 11.8. The van der Waals surface area contributed by atoms with Crippen LogP contribution in [0.1, 0.15) is 29.6 Å². The molecule has 5 nitrogen and oxygen atoms in total. The monoisotopic (exact) mass is 268 g/mol. The predicted molar refractivity (Wildman–Crippen MR) is 67.8 cm³/mol. The molecule has 0 aliphatic heterocycles. The van der Waals surface area contributed by atoms with Gasteiger partial charge in [-0.25, -0.2) is 0 Å². The number of halogens is 1. The highest BCUT2D eigenvalue weighted by Gasteiger charge is 2.21. The number of amides is 1. The topological polar surface area (TPSA) is 72.2 Å². The summed E-state index contributed by atoms with van der Waals surface area (Å²) < 4.78 is 0. The zero-order valence-electron chi connectivity index (χ0n) is 9.69. The van der Waals surface area contributed by atoms with Crippen LogP contribution in [0.25, 0.3) is 0 Å². The summed E-state index contributed by atoms with van der Waals surface area (Å²) in [5, 5.41) is 13.4. The van der Waals surface area contributed by atoms with E-state index in [-0.39, 0.29) is 22.2 Å². The molecule has 1 aromatic rings. The molecule has 1 N–H and O–H groups in total. The van der Waals surface area contributed by atoms with Crippen molar-refractivity contribution in [2.24, 2.45) is 5.92 Å². The van der Waals surface area contributed by atoms with Crippen molar-refractivity contribution in [3.05, 3.63) is 38.9 Å². The van der Waals surface area contributed by atoms with Crippen LogP contribution >= 0.6 is 11.6 Å². The molecule has 1 amide bonds. The Bertz CT molecular complexity index is 486. The molecule has 1 aliphatic carbocycles. The summed E-state index contributed by atoms with van der Waals surface area (Å²) in [6.07, 6.45) is 3.47. The number of benzene rings is 1. The largest absolute Gasteiger partial charge is 0.352 e. The quantitative estimate of drug-likeness (QED) is 0.659. The number of rotatable bonds is 5. The third-order valence-electron chi connectivity index (χ3n) is 2.94. The van der Waals surface area contributed by atoms with Crippen molar-refractivity contribution in [3.63, 3.8) is 0 Å². The summed E-state index contributed by atoms with van der Waals surface area (Å²) in [6.45, 7) is 0.622. The number of carbonyl (C=O) groups excluding carboxylic acids is 1. The van der Waals surface area contributed by atoms with E-state index in [0.29, 0.717) is 6.54 Å². The Balaban J connectivity index is 1.98. The maximum Gasteiger partial charge on any atom is 0.270 e. The Morgan fingerprint density at radius 1 is 1.50 bits per heavy atom. The van der Waals surface area contributed by atoms with Gasteiger partial charge >= 0.3 is 0 Å². The van der Waals surface area contributed by atoms with Crippen molar-refractivity contribution in [2.45, 2.75) is 19.3 Å². The van der Waals surface area contributed by atoms with Crippen LogP contribution in [0.15, 0.2) is 18.2 Å². The van der Waals surface area contributed by atoms with Crippen molar-refractivity contribution < 1.29 is 9.72 Å². The van der Waals surface area contributed by atoms with Crippen molar-refractivity contribution in [1.82, 2.24) is 5.32 Å². The first-order valence-electron chi connectivity index (χ1n) is 5.80. The Morgan fingerprint density at radius 3 is 2.78 bits per heavy atom. The fraction of sp³-hybridized carbons (Fsp3) is 0.417. The van der Waals surface area contributed by atoms with Crippen molar-refractivity contribution in [3.8, 4) is 0 Å². The molecule has 0 bridgehead atoms. The summed E-state index contributed by atoms with van der Waals surface area (Å²) in [7, 11) is 0. The number of nitro benzene ring substituents is 1. The number of nitro groups is 1. The first kappa shape index (κ1) is 12.8. The smallest absolute Gasteiger partial charge is 0.270 e. The van der Waals surface area contributed by atoms with E-state index in [2.05, 4.69) is 5.32 Å². The van der Waals surface area contributed by atoms with Gasteiger partial charge in [-0.2, -0.15) is 0 Å². The molecular weight excluding hydrogens is 256 g/mol. The summed E-state index contributed by atoms with van der Waals surface area (Å²) in [5.74, 6) is 0.466. The fourth-order valence-electron chi connectivity index (χ4n) is 1.69. The molecule has 0 atom stereocenters. The third kappa shape index (κ3) is 3.20. The molecular formula is C12H13ClN2O3. The van der Waals surface area contributed by atoms with E-state index in [0.717, 1.165) is 12.3 Å². The molecule has 1 fully saturated rings. The van der Waals surface area contributed by atoms with Crippen LogP contribution in [0.2, 0.25) is 5.02 Å². The number of hydrogen-bond acceptors (Lipinski definition) is 3. The number of nitrogens with zero attached hydrogens (tertiary/aromatic N) is 1. The second-order valence-electron chi connectivity index (χ2n) is 4.41.